The van der Waals surface area contributed by atoms with Gasteiger partial charge in [0.1, 0.15) is 11.4 Å². The fourth-order valence-corrected chi connectivity index (χ4v) is 4.39. The summed E-state index contributed by atoms with van der Waals surface area (Å²) in [6, 6.07) is 12.9. The Hall–Kier alpha value is -3.28. The number of hydrogen-bond acceptors (Lipinski definition) is 5. The summed E-state index contributed by atoms with van der Waals surface area (Å²) < 4.78 is 6.27. The molecule has 0 bridgehead atoms. The fourth-order valence-electron chi connectivity index (χ4n) is 4.39. The standard InChI is InChI=1S/C24H23N3O3/c1-15-16(2)26-20-13-17(7-8-19(20)25-15)23(29)27-11-9-24(10-12-27)14-21(28)18-5-3-4-6-22(18)30-24/h3-8,13H,9-12,14H2,1-2H3. The van der Waals surface area contributed by atoms with E-state index in [1.165, 1.54) is 0 Å². The van der Waals surface area contributed by atoms with Crippen molar-refractivity contribution in [1.82, 2.24) is 14.9 Å². The molecule has 0 aliphatic carbocycles. The van der Waals surface area contributed by atoms with E-state index in [1.54, 1.807) is 0 Å². The largest absolute Gasteiger partial charge is 0.486 e. The van der Waals surface area contributed by atoms with E-state index < -0.39 is 5.60 Å². The lowest BCUT2D eigenvalue weighted by atomic mass is 9.82. The molecule has 0 atom stereocenters. The van der Waals surface area contributed by atoms with Crippen LogP contribution in [0.25, 0.3) is 11.0 Å². The van der Waals surface area contributed by atoms with Gasteiger partial charge in [0.05, 0.1) is 34.4 Å². The SMILES string of the molecule is Cc1nc2ccc(C(=O)N3CCC4(CC3)CC(=O)c3ccccc3O4)cc2nc1C. The number of piperidine rings is 1. The number of hydrogen-bond donors (Lipinski definition) is 0. The zero-order chi connectivity index (χ0) is 20.9. The number of rotatable bonds is 1. The molecule has 0 saturated carbocycles. The fraction of sp³-hybridized carbons (Fsp3) is 0.333. The van der Waals surface area contributed by atoms with E-state index in [0.29, 0.717) is 49.2 Å². The van der Waals surface area contributed by atoms with Crippen molar-refractivity contribution < 1.29 is 14.3 Å². The number of fused-ring (bicyclic) bond motifs is 2. The maximum atomic E-state index is 13.1. The highest BCUT2D eigenvalue weighted by atomic mass is 16.5. The van der Waals surface area contributed by atoms with Crippen LogP contribution in [0.5, 0.6) is 5.75 Å². The van der Waals surface area contributed by atoms with E-state index in [1.807, 2.05) is 61.2 Å². The van der Waals surface area contributed by atoms with Gasteiger partial charge in [0, 0.05) is 31.5 Å². The molecular weight excluding hydrogens is 378 g/mol. The number of ether oxygens (including phenoxy) is 1. The lowest BCUT2D eigenvalue weighted by molar-refractivity contribution is -0.00570. The number of carbonyl (C=O) groups excluding carboxylic acids is 2. The molecule has 6 nitrogen and oxygen atoms in total. The third-order valence-electron chi connectivity index (χ3n) is 6.28. The van der Waals surface area contributed by atoms with Gasteiger partial charge in [-0.2, -0.15) is 0 Å². The van der Waals surface area contributed by atoms with Gasteiger partial charge in [0.25, 0.3) is 5.91 Å². The number of ketones is 1. The number of carbonyl (C=O) groups is 2. The third kappa shape index (κ3) is 3.12. The molecule has 30 heavy (non-hydrogen) atoms. The Balaban J connectivity index is 1.33. The zero-order valence-corrected chi connectivity index (χ0v) is 17.1. The molecule has 2 aliphatic heterocycles. The maximum absolute atomic E-state index is 13.1. The normalized spacial score (nSPS) is 17.7. The van der Waals surface area contributed by atoms with Crippen LogP contribution in [0.1, 0.15) is 51.4 Å². The van der Waals surface area contributed by atoms with E-state index >= 15 is 0 Å². The van der Waals surface area contributed by atoms with E-state index in [2.05, 4.69) is 9.97 Å². The highest BCUT2D eigenvalue weighted by Crippen LogP contribution is 2.39. The van der Waals surface area contributed by atoms with Crippen LogP contribution < -0.4 is 4.74 Å². The second-order valence-corrected chi connectivity index (χ2v) is 8.27. The van der Waals surface area contributed by atoms with Crippen LogP contribution in [0, 0.1) is 13.8 Å². The summed E-state index contributed by atoms with van der Waals surface area (Å²) in [7, 11) is 0. The number of amides is 1. The molecule has 2 aliphatic rings. The van der Waals surface area contributed by atoms with Gasteiger partial charge in [-0.3, -0.25) is 9.59 Å². The van der Waals surface area contributed by atoms with Gasteiger partial charge in [0.2, 0.25) is 0 Å². The second kappa shape index (κ2) is 6.90. The topological polar surface area (TPSA) is 72.4 Å². The van der Waals surface area contributed by atoms with Gasteiger partial charge in [-0.15, -0.1) is 0 Å². The molecule has 0 N–H and O–H groups in total. The van der Waals surface area contributed by atoms with Crippen LogP contribution in [-0.2, 0) is 0 Å². The molecule has 1 amide bonds. The molecule has 1 fully saturated rings. The van der Waals surface area contributed by atoms with Gasteiger partial charge in [-0.1, -0.05) is 12.1 Å². The van der Waals surface area contributed by atoms with Crippen LogP contribution in [0.3, 0.4) is 0 Å². The van der Waals surface area contributed by atoms with Gasteiger partial charge in [-0.05, 0) is 44.2 Å². The highest BCUT2D eigenvalue weighted by molar-refractivity contribution is 6.00. The quantitative estimate of drug-likeness (QED) is 0.619. The first kappa shape index (κ1) is 18.7. The van der Waals surface area contributed by atoms with E-state index in [9.17, 15) is 9.59 Å². The van der Waals surface area contributed by atoms with E-state index in [-0.39, 0.29) is 11.7 Å². The number of nitrogens with zero attached hydrogens (tertiary/aromatic N) is 3. The predicted molar refractivity (Wildman–Crippen MR) is 113 cm³/mol. The van der Waals surface area contributed by atoms with Gasteiger partial charge in [-0.25, -0.2) is 9.97 Å². The molecule has 1 saturated heterocycles. The highest BCUT2D eigenvalue weighted by Gasteiger charge is 2.43. The van der Waals surface area contributed by atoms with Crippen molar-refractivity contribution in [1.29, 1.82) is 0 Å². The Kier molecular flexibility index (Phi) is 4.31. The average Bonchev–Trinajstić information content (AvgIpc) is 2.74. The van der Waals surface area contributed by atoms with Crippen molar-refractivity contribution in [3.05, 3.63) is 65.0 Å². The number of benzene rings is 2. The second-order valence-electron chi connectivity index (χ2n) is 8.27. The number of aromatic nitrogens is 2. The van der Waals surface area contributed by atoms with Gasteiger partial charge < -0.3 is 9.64 Å². The Morgan fingerprint density at radius 1 is 1.00 bits per heavy atom. The monoisotopic (exact) mass is 401 g/mol. The predicted octanol–water partition coefficient (Wildman–Crippen LogP) is 3.89. The molecule has 3 aromatic rings. The Morgan fingerprint density at radius 3 is 2.47 bits per heavy atom. The van der Waals surface area contributed by atoms with Crippen molar-refractivity contribution in [3.8, 4) is 5.75 Å². The smallest absolute Gasteiger partial charge is 0.253 e. The maximum Gasteiger partial charge on any atom is 0.253 e. The lowest BCUT2D eigenvalue weighted by Crippen LogP contribution is -2.52. The number of para-hydroxylation sites is 1. The molecule has 3 heterocycles. The Labute approximate surface area is 174 Å². The van der Waals surface area contributed by atoms with Crippen molar-refractivity contribution in [3.63, 3.8) is 0 Å². The Bertz CT molecular complexity index is 1180. The molecule has 1 spiro atoms. The Morgan fingerprint density at radius 2 is 1.70 bits per heavy atom. The lowest BCUT2D eigenvalue weighted by Gasteiger charge is -2.44. The van der Waals surface area contributed by atoms with Gasteiger partial charge in [0.15, 0.2) is 5.78 Å². The minimum Gasteiger partial charge on any atom is -0.486 e. The van der Waals surface area contributed by atoms with Crippen LogP contribution in [0.15, 0.2) is 42.5 Å². The first-order valence-corrected chi connectivity index (χ1v) is 10.3. The van der Waals surface area contributed by atoms with Crippen LogP contribution in [0.2, 0.25) is 0 Å². The number of Topliss-reactive ketones (excluding diaryl/α,β-unsaturated/α-hetero) is 1. The number of aryl methyl sites for hydroxylation is 2. The summed E-state index contributed by atoms with van der Waals surface area (Å²) in [6.07, 6.45) is 1.66. The van der Waals surface area contributed by atoms with Crippen molar-refractivity contribution in [2.75, 3.05) is 13.1 Å². The van der Waals surface area contributed by atoms with Crippen molar-refractivity contribution >= 4 is 22.7 Å². The molecule has 152 valence electrons. The van der Waals surface area contributed by atoms with Gasteiger partial charge >= 0.3 is 0 Å². The third-order valence-corrected chi connectivity index (χ3v) is 6.28. The zero-order valence-electron chi connectivity index (χ0n) is 17.1. The molecule has 1 aromatic heterocycles. The average molecular weight is 401 g/mol. The molecular formula is C24H23N3O3. The number of likely N-dealkylation sites (tertiary alicyclic amines) is 1. The first-order chi connectivity index (χ1) is 14.4. The molecule has 6 heteroatoms. The van der Waals surface area contributed by atoms with Crippen molar-refractivity contribution in [2.24, 2.45) is 0 Å². The molecule has 5 rings (SSSR count). The van der Waals surface area contributed by atoms with E-state index in [0.717, 1.165) is 22.4 Å². The summed E-state index contributed by atoms with van der Waals surface area (Å²) in [5.41, 5.74) is 4.05. The molecule has 0 unspecified atom stereocenters. The summed E-state index contributed by atoms with van der Waals surface area (Å²) in [5, 5.41) is 0. The van der Waals surface area contributed by atoms with E-state index in [4.69, 9.17) is 4.74 Å². The summed E-state index contributed by atoms with van der Waals surface area (Å²) in [5.74, 6) is 0.761. The van der Waals surface area contributed by atoms with Crippen LogP contribution in [0.4, 0.5) is 0 Å². The molecule has 2 aromatic carbocycles. The molecule has 0 radical (unpaired) electrons. The minimum absolute atomic E-state index is 0.0192. The van der Waals surface area contributed by atoms with Crippen LogP contribution in [-0.4, -0.2) is 45.2 Å². The minimum atomic E-state index is -0.508. The van der Waals surface area contributed by atoms with Crippen LogP contribution >= 0.6 is 0 Å². The van der Waals surface area contributed by atoms with Crippen molar-refractivity contribution in [2.45, 2.75) is 38.7 Å². The summed E-state index contributed by atoms with van der Waals surface area (Å²) in [6.45, 7) is 4.97. The summed E-state index contributed by atoms with van der Waals surface area (Å²) in [4.78, 5) is 36.6. The first-order valence-electron chi connectivity index (χ1n) is 10.3. The summed E-state index contributed by atoms with van der Waals surface area (Å²) >= 11 is 0.